The topological polar surface area (TPSA) is 106 Å². The van der Waals surface area contributed by atoms with Crippen LogP contribution >= 0.6 is 0 Å². The van der Waals surface area contributed by atoms with Crippen molar-refractivity contribution in [2.24, 2.45) is 0 Å². The van der Waals surface area contributed by atoms with Crippen molar-refractivity contribution in [3.63, 3.8) is 0 Å². The van der Waals surface area contributed by atoms with Crippen LogP contribution in [-0.2, 0) is 9.59 Å². The number of benzene rings is 1. The van der Waals surface area contributed by atoms with Crippen LogP contribution in [0.3, 0.4) is 0 Å². The molecule has 7 heteroatoms. The number of hydrogen-bond acceptors (Lipinski definition) is 5. The number of aromatic nitrogens is 1. The van der Waals surface area contributed by atoms with Crippen molar-refractivity contribution in [1.29, 1.82) is 0 Å². The van der Waals surface area contributed by atoms with E-state index >= 15 is 0 Å². The zero-order valence-corrected chi connectivity index (χ0v) is 14.7. The van der Waals surface area contributed by atoms with E-state index in [0.29, 0.717) is 11.3 Å². The molecule has 2 heterocycles. The fourth-order valence-electron chi connectivity index (χ4n) is 3.32. The Labute approximate surface area is 151 Å². The smallest absolute Gasteiger partial charge is 0.330 e. The largest absolute Gasteiger partial charge is 0.479 e. The van der Waals surface area contributed by atoms with E-state index in [1.54, 1.807) is 50.2 Å². The minimum absolute atomic E-state index is 0.147. The molecule has 1 unspecified atom stereocenters. The summed E-state index contributed by atoms with van der Waals surface area (Å²) in [7, 11) is 0. The van der Waals surface area contributed by atoms with Crippen molar-refractivity contribution < 1.29 is 19.4 Å². The predicted molar refractivity (Wildman–Crippen MR) is 96.9 cm³/mol. The summed E-state index contributed by atoms with van der Waals surface area (Å²) in [6.45, 7) is 3.48. The van der Waals surface area contributed by atoms with Gasteiger partial charge in [0.05, 0.1) is 0 Å². The molecule has 1 amide bonds. The predicted octanol–water partition coefficient (Wildman–Crippen LogP) is 2.77. The number of hydrogen-bond donors (Lipinski definition) is 2. The number of aliphatic carboxylic acids is 1. The number of carbonyl (C=O) groups is 2. The number of rotatable bonds is 5. The van der Waals surface area contributed by atoms with Gasteiger partial charge in [-0.1, -0.05) is 44.2 Å². The highest BCUT2D eigenvalue weighted by molar-refractivity contribution is 6.06. The molecule has 3 rings (SSSR count). The first kappa shape index (κ1) is 17.7. The van der Waals surface area contributed by atoms with Crippen LogP contribution in [0.15, 0.2) is 42.5 Å². The Morgan fingerprint density at radius 1 is 1.23 bits per heavy atom. The van der Waals surface area contributed by atoms with Gasteiger partial charge in [-0.15, -0.1) is 0 Å². The standard InChI is InChI=1S/C19H21N3O4/c1-3-19(4-2,18(24)25)22-16-13(10-11-14(20)21-16)26-15(17(22)23)12-8-6-5-7-9-12/h5-11,15H,3-4H2,1-2H3,(H2,20,21)(H,24,25). The van der Waals surface area contributed by atoms with E-state index in [1.165, 1.54) is 4.90 Å². The van der Waals surface area contributed by atoms with Gasteiger partial charge in [0, 0.05) is 5.56 Å². The molecule has 1 aromatic heterocycles. The minimum atomic E-state index is -1.43. The second-order valence-corrected chi connectivity index (χ2v) is 6.18. The van der Waals surface area contributed by atoms with Crippen molar-refractivity contribution in [1.82, 2.24) is 4.98 Å². The summed E-state index contributed by atoms with van der Waals surface area (Å²) in [5, 5.41) is 9.95. The number of carboxylic acids is 1. The van der Waals surface area contributed by atoms with E-state index in [2.05, 4.69) is 4.98 Å². The third kappa shape index (κ3) is 2.65. The number of ether oxygens (including phenoxy) is 1. The number of amides is 1. The number of nitrogens with zero attached hydrogens (tertiary/aromatic N) is 2. The number of pyridine rings is 1. The molecule has 0 spiro atoms. The number of carbonyl (C=O) groups excluding carboxylic acids is 1. The van der Waals surface area contributed by atoms with Gasteiger partial charge in [0.2, 0.25) is 6.10 Å². The van der Waals surface area contributed by atoms with Crippen molar-refractivity contribution in [3.05, 3.63) is 48.0 Å². The number of anilines is 2. The monoisotopic (exact) mass is 355 g/mol. The highest BCUT2D eigenvalue weighted by Crippen LogP contribution is 2.43. The van der Waals surface area contributed by atoms with E-state index in [4.69, 9.17) is 10.5 Å². The summed E-state index contributed by atoms with van der Waals surface area (Å²) >= 11 is 0. The summed E-state index contributed by atoms with van der Waals surface area (Å²) in [4.78, 5) is 31.0. The SMILES string of the molecule is CCC(CC)(C(=O)O)N1C(=O)C(c2ccccc2)Oc2ccc(N)nc21. The maximum absolute atomic E-state index is 13.3. The first-order chi connectivity index (χ1) is 12.4. The van der Waals surface area contributed by atoms with Gasteiger partial charge in [-0.05, 0) is 25.0 Å². The van der Waals surface area contributed by atoms with Gasteiger partial charge in [0.15, 0.2) is 11.6 Å². The number of nitrogen functional groups attached to an aromatic ring is 1. The highest BCUT2D eigenvalue weighted by atomic mass is 16.5. The Morgan fingerprint density at radius 3 is 2.46 bits per heavy atom. The first-order valence-corrected chi connectivity index (χ1v) is 8.50. The third-order valence-corrected chi connectivity index (χ3v) is 4.86. The van der Waals surface area contributed by atoms with Gasteiger partial charge in [0.1, 0.15) is 11.4 Å². The van der Waals surface area contributed by atoms with Crippen LogP contribution < -0.4 is 15.4 Å². The van der Waals surface area contributed by atoms with Crippen LogP contribution in [0, 0.1) is 0 Å². The van der Waals surface area contributed by atoms with Crippen LogP contribution in [0.2, 0.25) is 0 Å². The molecule has 0 fully saturated rings. The van der Waals surface area contributed by atoms with Crippen molar-refractivity contribution >= 4 is 23.5 Å². The van der Waals surface area contributed by atoms with Crippen LogP contribution in [0.25, 0.3) is 0 Å². The molecular weight excluding hydrogens is 334 g/mol. The molecule has 1 aliphatic rings. The molecule has 136 valence electrons. The van der Waals surface area contributed by atoms with Gasteiger partial charge >= 0.3 is 5.97 Å². The fraction of sp³-hybridized carbons (Fsp3) is 0.316. The van der Waals surface area contributed by atoms with Crippen molar-refractivity contribution in [3.8, 4) is 5.75 Å². The Morgan fingerprint density at radius 2 is 1.88 bits per heavy atom. The third-order valence-electron chi connectivity index (χ3n) is 4.86. The van der Waals surface area contributed by atoms with Crippen molar-refractivity contribution in [2.45, 2.75) is 38.3 Å². The lowest BCUT2D eigenvalue weighted by molar-refractivity contribution is -0.147. The summed E-state index contributed by atoms with van der Waals surface area (Å²) in [5.74, 6) is -0.879. The number of carboxylic acid groups (broad SMARTS) is 1. The number of fused-ring (bicyclic) bond motifs is 1. The molecule has 1 aliphatic heterocycles. The molecule has 3 N–H and O–H groups in total. The summed E-state index contributed by atoms with van der Waals surface area (Å²) in [5.41, 5.74) is 5.01. The maximum Gasteiger partial charge on any atom is 0.330 e. The summed E-state index contributed by atoms with van der Waals surface area (Å²) in [6.07, 6.45) is -0.491. The Kier molecular flexibility index (Phi) is 4.54. The maximum atomic E-state index is 13.3. The van der Waals surface area contributed by atoms with Crippen LogP contribution in [0.5, 0.6) is 5.75 Å². The number of nitrogens with two attached hydrogens (primary N) is 1. The van der Waals surface area contributed by atoms with Crippen LogP contribution in [-0.4, -0.2) is 27.5 Å². The zero-order chi connectivity index (χ0) is 18.9. The molecular formula is C19H21N3O4. The first-order valence-electron chi connectivity index (χ1n) is 8.50. The second-order valence-electron chi connectivity index (χ2n) is 6.18. The average Bonchev–Trinajstić information content (AvgIpc) is 2.65. The quantitative estimate of drug-likeness (QED) is 0.854. The molecule has 7 nitrogen and oxygen atoms in total. The van der Waals surface area contributed by atoms with E-state index < -0.39 is 23.5 Å². The molecule has 0 saturated carbocycles. The molecule has 0 radical (unpaired) electrons. The van der Waals surface area contributed by atoms with E-state index in [1.807, 2.05) is 6.07 Å². The highest BCUT2D eigenvalue weighted by Gasteiger charge is 2.51. The summed E-state index contributed by atoms with van der Waals surface area (Å²) in [6, 6.07) is 12.2. The molecule has 0 aliphatic carbocycles. The van der Waals surface area contributed by atoms with Gasteiger partial charge in [-0.25, -0.2) is 9.78 Å². The van der Waals surface area contributed by atoms with Gasteiger partial charge < -0.3 is 15.6 Å². The molecule has 2 aromatic rings. The lowest BCUT2D eigenvalue weighted by Gasteiger charge is -2.43. The fourth-order valence-corrected chi connectivity index (χ4v) is 3.32. The van der Waals surface area contributed by atoms with Gasteiger partial charge in [-0.3, -0.25) is 9.69 Å². The second kappa shape index (κ2) is 6.67. The van der Waals surface area contributed by atoms with Crippen LogP contribution in [0.4, 0.5) is 11.6 Å². The van der Waals surface area contributed by atoms with E-state index in [-0.39, 0.29) is 24.5 Å². The van der Waals surface area contributed by atoms with Crippen molar-refractivity contribution in [2.75, 3.05) is 10.6 Å². The van der Waals surface area contributed by atoms with E-state index in [0.717, 1.165) is 0 Å². The molecule has 26 heavy (non-hydrogen) atoms. The summed E-state index contributed by atoms with van der Waals surface area (Å²) < 4.78 is 5.88. The lowest BCUT2D eigenvalue weighted by Crippen LogP contribution is -2.60. The molecule has 1 aromatic carbocycles. The zero-order valence-electron chi connectivity index (χ0n) is 14.7. The Balaban J connectivity index is 2.22. The average molecular weight is 355 g/mol. The molecule has 0 bridgehead atoms. The van der Waals surface area contributed by atoms with Gasteiger partial charge in [-0.2, -0.15) is 0 Å². The molecule has 0 saturated heterocycles. The van der Waals surface area contributed by atoms with E-state index in [9.17, 15) is 14.7 Å². The van der Waals surface area contributed by atoms with Gasteiger partial charge in [0.25, 0.3) is 5.91 Å². The molecule has 1 atom stereocenters. The van der Waals surface area contributed by atoms with Crippen LogP contribution in [0.1, 0.15) is 38.4 Å². The normalized spacial score (nSPS) is 16.8. The Bertz CT molecular complexity index is 834. The Hall–Kier alpha value is -3.09. The minimum Gasteiger partial charge on any atom is -0.479 e. The lowest BCUT2D eigenvalue weighted by atomic mass is 9.88.